The van der Waals surface area contributed by atoms with Crippen molar-refractivity contribution in [2.45, 2.75) is 12.3 Å². The highest BCUT2D eigenvalue weighted by Gasteiger charge is 2.34. The molecule has 5 nitrogen and oxygen atoms in total. The summed E-state index contributed by atoms with van der Waals surface area (Å²) >= 11 is 0. The summed E-state index contributed by atoms with van der Waals surface area (Å²) in [4.78, 5) is 4.56. The summed E-state index contributed by atoms with van der Waals surface area (Å²) in [5.74, 6) is -0.441. The monoisotopic (exact) mass is 381 g/mol. The van der Waals surface area contributed by atoms with Crippen LogP contribution in [0.1, 0.15) is 28.3 Å². The summed E-state index contributed by atoms with van der Waals surface area (Å²) in [5.41, 5.74) is 11.4. The van der Waals surface area contributed by atoms with E-state index in [2.05, 4.69) is 21.3 Å². The molecule has 1 unspecified atom stereocenters. The molecule has 140 valence electrons. The molecule has 1 atom stereocenters. The maximum atomic E-state index is 14.9. The number of pyridine rings is 1. The van der Waals surface area contributed by atoms with Gasteiger partial charge in [0.15, 0.2) is 0 Å². The lowest BCUT2D eigenvalue weighted by Crippen LogP contribution is -2.17. The number of rotatable bonds is 2. The van der Waals surface area contributed by atoms with Crippen molar-refractivity contribution in [2.24, 2.45) is 0 Å². The zero-order valence-electron chi connectivity index (χ0n) is 15.4. The average molecular weight is 381 g/mol. The number of hydrogen-bond donors (Lipinski definition) is 2. The summed E-state index contributed by atoms with van der Waals surface area (Å²) in [6, 6.07) is 18.5. The van der Waals surface area contributed by atoms with Gasteiger partial charge in [-0.25, -0.2) is 9.37 Å². The summed E-state index contributed by atoms with van der Waals surface area (Å²) < 4.78 is 14.9. The fourth-order valence-electron chi connectivity index (χ4n) is 4.16. The van der Waals surface area contributed by atoms with E-state index < -0.39 is 5.82 Å². The maximum absolute atomic E-state index is 14.9. The molecule has 6 heteroatoms. The number of nitrogens with two attached hydrogens (primary N) is 1. The van der Waals surface area contributed by atoms with Gasteiger partial charge in [0.2, 0.25) is 0 Å². The van der Waals surface area contributed by atoms with Crippen molar-refractivity contribution >= 4 is 5.82 Å². The van der Waals surface area contributed by atoms with Crippen LogP contribution < -0.4 is 5.73 Å². The van der Waals surface area contributed by atoms with Crippen LogP contribution in [0, 0.1) is 17.1 Å². The molecule has 0 saturated carbocycles. The van der Waals surface area contributed by atoms with Crippen molar-refractivity contribution < 1.29 is 4.39 Å². The summed E-state index contributed by atoms with van der Waals surface area (Å²) in [6.45, 7) is 0. The third kappa shape index (κ3) is 2.59. The fourth-order valence-corrected chi connectivity index (χ4v) is 4.16. The minimum absolute atomic E-state index is 0.0883. The average Bonchev–Trinajstić information content (AvgIpc) is 3.22. The SMILES string of the molecule is N#Cc1c(N)nc2c(c1-c1ccccc1F)C(c1ccccc1)Cc1n[nH]cc1-2. The first-order valence-electron chi connectivity index (χ1n) is 9.25. The smallest absolute Gasteiger partial charge is 0.142 e. The Morgan fingerprint density at radius 2 is 1.83 bits per heavy atom. The fraction of sp³-hybridized carbons (Fsp3) is 0.0870. The van der Waals surface area contributed by atoms with Crippen LogP contribution in [0.5, 0.6) is 0 Å². The number of benzene rings is 2. The zero-order valence-corrected chi connectivity index (χ0v) is 15.4. The second-order valence-corrected chi connectivity index (χ2v) is 7.01. The van der Waals surface area contributed by atoms with E-state index >= 15 is 0 Å². The number of nitrogens with one attached hydrogen (secondary N) is 1. The van der Waals surface area contributed by atoms with Gasteiger partial charge in [0, 0.05) is 35.2 Å². The van der Waals surface area contributed by atoms with Crippen LogP contribution in [0.3, 0.4) is 0 Å². The van der Waals surface area contributed by atoms with Crippen molar-refractivity contribution in [2.75, 3.05) is 5.73 Å². The van der Waals surface area contributed by atoms with Crippen LogP contribution in [-0.2, 0) is 6.42 Å². The van der Waals surface area contributed by atoms with Crippen LogP contribution in [0.4, 0.5) is 10.2 Å². The maximum Gasteiger partial charge on any atom is 0.142 e. The van der Waals surface area contributed by atoms with Gasteiger partial charge >= 0.3 is 0 Å². The minimum Gasteiger partial charge on any atom is -0.383 e. The summed E-state index contributed by atoms with van der Waals surface area (Å²) in [6.07, 6.45) is 2.40. The van der Waals surface area contributed by atoms with Crippen LogP contribution in [0.15, 0.2) is 60.8 Å². The van der Waals surface area contributed by atoms with Gasteiger partial charge in [-0.2, -0.15) is 10.4 Å². The first kappa shape index (κ1) is 17.1. The Morgan fingerprint density at radius 1 is 1.07 bits per heavy atom. The molecule has 0 fully saturated rings. The highest BCUT2D eigenvalue weighted by Crippen LogP contribution is 2.48. The molecule has 3 N–H and O–H groups in total. The highest BCUT2D eigenvalue weighted by atomic mass is 19.1. The number of hydrogen-bond acceptors (Lipinski definition) is 4. The van der Waals surface area contributed by atoms with E-state index in [1.54, 1.807) is 24.4 Å². The Morgan fingerprint density at radius 3 is 2.59 bits per heavy atom. The second-order valence-electron chi connectivity index (χ2n) is 7.01. The summed E-state index contributed by atoms with van der Waals surface area (Å²) in [5, 5.41) is 17.1. The van der Waals surface area contributed by atoms with Gasteiger partial charge in [-0.3, -0.25) is 5.10 Å². The summed E-state index contributed by atoms with van der Waals surface area (Å²) in [7, 11) is 0. The van der Waals surface area contributed by atoms with E-state index in [-0.39, 0.29) is 17.3 Å². The number of anilines is 1. The Labute approximate surface area is 166 Å². The molecular weight excluding hydrogens is 365 g/mol. The van der Waals surface area contributed by atoms with Gasteiger partial charge < -0.3 is 5.73 Å². The molecular formula is C23H16FN5. The van der Waals surface area contributed by atoms with E-state index in [1.807, 2.05) is 30.3 Å². The van der Waals surface area contributed by atoms with Crippen molar-refractivity contribution in [3.05, 3.63) is 89.0 Å². The molecule has 2 aromatic heterocycles. The highest BCUT2D eigenvalue weighted by molar-refractivity contribution is 5.87. The quantitative estimate of drug-likeness (QED) is 0.538. The van der Waals surface area contributed by atoms with Crippen LogP contribution in [0.25, 0.3) is 22.4 Å². The predicted octanol–water partition coefficient (Wildman–Crippen LogP) is 4.42. The molecule has 1 aliphatic rings. The van der Waals surface area contributed by atoms with Crippen molar-refractivity contribution in [3.63, 3.8) is 0 Å². The molecule has 0 bridgehead atoms. The van der Waals surface area contributed by atoms with Crippen LogP contribution >= 0.6 is 0 Å². The van der Waals surface area contributed by atoms with E-state index in [0.717, 1.165) is 22.4 Å². The molecule has 5 rings (SSSR count). The largest absolute Gasteiger partial charge is 0.383 e. The number of H-pyrrole nitrogens is 1. The molecule has 29 heavy (non-hydrogen) atoms. The van der Waals surface area contributed by atoms with Crippen molar-refractivity contribution in [3.8, 4) is 28.5 Å². The van der Waals surface area contributed by atoms with E-state index in [9.17, 15) is 9.65 Å². The number of fused-ring (bicyclic) bond motifs is 3. The van der Waals surface area contributed by atoms with E-state index in [0.29, 0.717) is 23.2 Å². The van der Waals surface area contributed by atoms with Gasteiger partial charge in [-0.05, 0) is 17.2 Å². The number of nitrogens with zero attached hydrogens (tertiary/aromatic N) is 3. The molecule has 0 radical (unpaired) electrons. The van der Waals surface area contributed by atoms with Crippen LogP contribution in [0.2, 0.25) is 0 Å². The van der Waals surface area contributed by atoms with Gasteiger partial charge in [0.05, 0.1) is 11.4 Å². The molecule has 1 aliphatic carbocycles. The number of halogens is 1. The van der Waals surface area contributed by atoms with E-state index in [1.165, 1.54) is 6.07 Å². The third-order valence-electron chi connectivity index (χ3n) is 5.44. The Balaban J connectivity index is 1.92. The van der Waals surface area contributed by atoms with Gasteiger partial charge in [0.25, 0.3) is 0 Å². The first-order valence-corrected chi connectivity index (χ1v) is 9.25. The van der Waals surface area contributed by atoms with Crippen LogP contribution in [-0.4, -0.2) is 15.2 Å². The predicted molar refractivity (Wildman–Crippen MR) is 108 cm³/mol. The molecule has 4 aromatic rings. The molecule has 0 aliphatic heterocycles. The lowest BCUT2D eigenvalue weighted by molar-refractivity contribution is 0.630. The number of nitrogen functional groups attached to an aromatic ring is 1. The Bertz CT molecular complexity index is 1270. The van der Waals surface area contributed by atoms with Gasteiger partial charge in [0.1, 0.15) is 23.3 Å². The zero-order chi connectivity index (χ0) is 20.0. The molecule has 2 heterocycles. The lowest BCUT2D eigenvalue weighted by Gasteiger charge is -2.28. The van der Waals surface area contributed by atoms with Crippen molar-refractivity contribution in [1.29, 1.82) is 5.26 Å². The first-order chi connectivity index (χ1) is 14.2. The normalized spacial score (nSPS) is 14.7. The topological polar surface area (TPSA) is 91.4 Å². The molecule has 0 spiro atoms. The Kier molecular flexibility index (Phi) is 3.88. The molecule has 2 aromatic carbocycles. The molecule has 0 saturated heterocycles. The Hall–Kier alpha value is -3.98. The third-order valence-corrected chi connectivity index (χ3v) is 5.44. The van der Waals surface area contributed by atoms with Crippen molar-refractivity contribution in [1.82, 2.24) is 15.2 Å². The van der Waals surface area contributed by atoms with E-state index in [4.69, 9.17) is 5.73 Å². The van der Waals surface area contributed by atoms with Gasteiger partial charge in [-0.1, -0.05) is 48.5 Å². The standard InChI is InChI=1S/C23H16FN5/c24-18-9-5-4-8-14(18)20-16(11-25)23(26)28-22-17-12-27-29-19(17)10-15(21(20)22)13-6-2-1-3-7-13/h1-9,12,15H,10H2,(H2,26,28)(H,27,29). The number of aromatic amines is 1. The number of nitriles is 1. The van der Waals surface area contributed by atoms with Gasteiger partial charge in [-0.15, -0.1) is 0 Å². The minimum atomic E-state index is -0.401. The molecule has 0 amide bonds. The number of aromatic nitrogens is 3. The second kappa shape index (κ2) is 6.57. The lowest BCUT2D eigenvalue weighted by atomic mass is 9.76.